The molecule has 0 bridgehead atoms. The van der Waals surface area contributed by atoms with E-state index in [-0.39, 0.29) is 0 Å². The molecule has 0 saturated heterocycles. The van der Waals surface area contributed by atoms with Gasteiger partial charge in [-0.3, -0.25) is 4.40 Å². The van der Waals surface area contributed by atoms with E-state index in [1.54, 1.807) is 0 Å². The summed E-state index contributed by atoms with van der Waals surface area (Å²) >= 11 is 0. The first-order chi connectivity index (χ1) is 7.70. The minimum Gasteiger partial charge on any atom is -0.314 e. The molecule has 2 aromatic rings. The summed E-state index contributed by atoms with van der Waals surface area (Å²) in [7, 11) is 0. The summed E-state index contributed by atoms with van der Waals surface area (Å²) in [6, 6.07) is 4.56. The molecule has 0 aliphatic rings. The second-order valence-electron chi connectivity index (χ2n) is 4.21. The van der Waals surface area contributed by atoms with Crippen molar-refractivity contribution >= 4 is 5.65 Å². The molecule has 0 aliphatic heterocycles. The van der Waals surface area contributed by atoms with Gasteiger partial charge in [-0.1, -0.05) is 6.92 Å². The van der Waals surface area contributed by atoms with Crippen molar-refractivity contribution in [2.75, 3.05) is 6.54 Å². The molecule has 0 aromatic carbocycles. The summed E-state index contributed by atoms with van der Waals surface area (Å²) in [5.41, 5.74) is 2.14. The fraction of sp³-hybridized carbons (Fsp3) is 0.500. The lowest BCUT2D eigenvalue weighted by Crippen LogP contribution is -2.28. The molecule has 16 heavy (non-hydrogen) atoms. The maximum Gasteiger partial charge on any atom is 0.161 e. The van der Waals surface area contributed by atoms with E-state index < -0.39 is 0 Å². The fourth-order valence-electron chi connectivity index (χ4n) is 1.88. The standard InChI is InChI=1S/C12H18N4/c1-4-13-10(3)8-12-15-14-11-7-9(2)5-6-16(11)12/h5-7,10,13H,4,8H2,1-3H3. The monoisotopic (exact) mass is 218 g/mol. The van der Waals surface area contributed by atoms with E-state index >= 15 is 0 Å². The first kappa shape index (κ1) is 11.1. The third kappa shape index (κ3) is 2.22. The molecule has 0 amide bonds. The molecule has 1 N–H and O–H groups in total. The Hall–Kier alpha value is -1.42. The topological polar surface area (TPSA) is 42.2 Å². The molecular formula is C12H18N4. The minimum atomic E-state index is 0.429. The van der Waals surface area contributed by atoms with Gasteiger partial charge >= 0.3 is 0 Å². The number of hydrogen-bond acceptors (Lipinski definition) is 3. The van der Waals surface area contributed by atoms with Gasteiger partial charge in [0, 0.05) is 18.7 Å². The van der Waals surface area contributed by atoms with Crippen molar-refractivity contribution in [1.29, 1.82) is 0 Å². The van der Waals surface area contributed by atoms with Crippen molar-refractivity contribution < 1.29 is 0 Å². The van der Waals surface area contributed by atoms with Crippen LogP contribution in [0.3, 0.4) is 0 Å². The molecule has 1 unspecified atom stereocenters. The number of rotatable bonds is 4. The number of nitrogens with zero attached hydrogens (tertiary/aromatic N) is 3. The van der Waals surface area contributed by atoms with Gasteiger partial charge in [-0.25, -0.2) is 0 Å². The molecule has 0 spiro atoms. The quantitative estimate of drug-likeness (QED) is 0.847. The highest BCUT2D eigenvalue weighted by Crippen LogP contribution is 2.08. The van der Waals surface area contributed by atoms with Crippen molar-refractivity contribution in [3.05, 3.63) is 29.7 Å². The smallest absolute Gasteiger partial charge is 0.161 e. The Kier molecular flexibility index (Phi) is 3.19. The van der Waals surface area contributed by atoms with E-state index in [1.165, 1.54) is 5.56 Å². The van der Waals surface area contributed by atoms with Gasteiger partial charge in [0.1, 0.15) is 5.82 Å². The molecule has 2 aromatic heterocycles. The van der Waals surface area contributed by atoms with Crippen LogP contribution in [0.4, 0.5) is 0 Å². The first-order valence-electron chi connectivity index (χ1n) is 5.74. The van der Waals surface area contributed by atoms with Gasteiger partial charge in [0.15, 0.2) is 5.65 Å². The van der Waals surface area contributed by atoms with Gasteiger partial charge in [-0.05, 0) is 38.1 Å². The van der Waals surface area contributed by atoms with Crippen LogP contribution in [0.2, 0.25) is 0 Å². The summed E-state index contributed by atoms with van der Waals surface area (Å²) < 4.78 is 2.06. The highest BCUT2D eigenvalue weighted by atomic mass is 15.2. The maximum atomic E-state index is 4.23. The zero-order valence-electron chi connectivity index (χ0n) is 10.1. The molecule has 86 valence electrons. The predicted octanol–water partition coefficient (Wildman–Crippen LogP) is 1.58. The fourth-order valence-corrected chi connectivity index (χ4v) is 1.88. The van der Waals surface area contributed by atoms with Crippen LogP contribution < -0.4 is 5.32 Å². The van der Waals surface area contributed by atoms with Crippen LogP contribution in [0.5, 0.6) is 0 Å². The summed E-state index contributed by atoms with van der Waals surface area (Å²) in [5, 5.41) is 11.8. The SMILES string of the molecule is CCNC(C)Cc1nnc2cc(C)ccn12. The number of likely N-dealkylation sites (N-methyl/N-ethyl adjacent to an activating group) is 1. The highest BCUT2D eigenvalue weighted by Gasteiger charge is 2.08. The Labute approximate surface area is 95.7 Å². The molecular weight excluding hydrogens is 200 g/mol. The summed E-state index contributed by atoms with van der Waals surface area (Å²) in [6.07, 6.45) is 2.94. The molecule has 4 nitrogen and oxygen atoms in total. The Balaban J connectivity index is 2.25. The summed E-state index contributed by atoms with van der Waals surface area (Å²) in [4.78, 5) is 0. The van der Waals surface area contributed by atoms with E-state index in [2.05, 4.69) is 52.8 Å². The van der Waals surface area contributed by atoms with Crippen molar-refractivity contribution in [1.82, 2.24) is 19.9 Å². The number of nitrogens with one attached hydrogen (secondary N) is 1. The Bertz CT molecular complexity index is 475. The third-order valence-electron chi connectivity index (χ3n) is 2.68. The average Bonchev–Trinajstić information content (AvgIpc) is 2.61. The van der Waals surface area contributed by atoms with Crippen molar-refractivity contribution in [3.63, 3.8) is 0 Å². The van der Waals surface area contributed by atoms with Crippen LogP contribution in [0.1, 0.15) is 25.2 Å². The van der Waals surface area contributed by atoms with Gasteiger partial charge in [-0.15, -0.1) is 10.2 Å². The van der Waals surface area contributed by atoms with Gasteiger partial charge in [0.05, 0.1) is 0 Å². The second kappa shape index (κ2) is 4.61. The number of hydrogen-bond donors (Lipinski definition) is 1. The van der Waals surface area contributed by atoms with Crippen LogP contribution in [0, 0.1) is 6.92 Å². The molecule has 0 saturated carbocycles. The molecule has 2 heterocycles. The lowest BCUT2D eigenvalue weighted by Gasteiger charge is -2.10. The van der Waals surface area contributed by atoms with Crippen LogP contribution in [0.25, 0.3) is 5.65 Å². The zero-order chi connectivity index (χ0) is 11.5. The zero-order valence-corrected chi connectivity index (χ0v) is 10.1. The minimum absolute atomic E-state index is 0.429. The van der Waals surface area contributed by atoms with E-state index in [4.69, 9.17) is 0 Å². The van der Waals surface area contributed by atoms with E-state index in [1.807, 2.05) is 6.20 Å². The Morgan fingerprint density at radius 1 is 1.44 bits per heavy atom. The number of fused-ring (bicyclic) bond motifs is 1. The molecule has 0 aliphatic carbocycles. The molecule has 4 heteroatoms. The van der Waals surface area contributed by atoms with Gasteiger partial charge in [0.25, 0.3) is 0 Å². The van der Waals surface area contributed by atoms with Gasteiger partial charge in [-0.2, -0.15) is 0 Å². The number of aromatic nitrogens is 3. The Morgan fingerprint density at radius 3 is 3.00 bits per heavy atom. The maximum absolute atomic E-state index is 4.23. The predicted molar refractivity (Wildman–Crippen MR) is 64.6 cm³/mol. The van der Waals surface area contributed by atoms with E-state index in [0.29, 0.717) is 6.04 Å². The Morgan fingerprint density at radius 2 is 2.25 bits per heavy atom. The van der Waals surface area contributed by atoms with Crippen LogP contribution >= 0.6 is 0 Å². The number of pyridine rings is 1. The first-order valence-corrected chi connectivity index (χ1v) is 5.74. The van der Waals surface area contributed by atoms with Crippen molar-refractivity contribution in [2.45, 2.75) is 33.2 Å². The molecule has 0 fully saturated rings. The molecule has 1 atom stereocenters. The van der Waals surface area contributed by atoms with Crippen molar-refractivity contribution in [3.8, 4) is 0 Å². The van der Waals surface area contributed by atoms with Gasteiger partial charge in [0.2, 0.25) is 0 Å². The lowest BCUT2D eigenvalue weighted by molar-refractivity contribution is 0.550. The van der Waals surface area contributed by atoms with E-state index in [0.717, 1.165) is 24.4 Å². The normalized spacial score (nSPS) is 13.2. The van der Waals surface area contributed by atoms with Gasteiger partial charge < -0.3 is 5.32 Å². The third-order valence-corrected chi connectivity index (χ3v) is 2.68. The van der Waals surface area contributed by atoms with Crippen LogP contribution in [0.15, 0.2) is 18.3 Å². The lowest BCUT2D eigenvalue weighted by atomic mass is 10.2. The molecule has 2 rings (SSSR count). The summed E-state index contributed by atoms with van der Waals surface area (Å²) in [5.74, 6) is 1.02. The number of aryl methyl sites for hydroxylation is 1. The van der Waals surface area contributed by atoms with Crippen molar-refractivity contribution in [2.24, 2.45) is 0 Å². The second-order valence-corrected chi connectivity index (χ2v) is 4.21. The average molecular weight is 218 g/mol. The highest BCUT2D eigenvalue weighted by molar-refractivity contribution is 5.40. The van der Waals surface area contributed by atoms with Crippen LogP contribution in [-0.2, 0) is 6.42 Å². The molecule has 0 radical (unpaired) electrons. The van der Waals surface area contributed by atoms with E-state index in [9.17, 15) is 0 Å². The van der Waals surface area contributed by atoms with Crippen LogP contribution in [-0.4, -0.2) is 27.2 Å². The largest absolute Gasteiger partial charge is 0.314 e. The summed E-state index contributed by atoms with van der Waals surface area (Å²) in [6.45, 7) is 7.33.